The molecule has 3 aromatic rings. The van der Waals surface area contributed by atoms with Crippen molar-refractivity contribution in [2.75, 3.05) is 0 Å². The molecule has 0 saturated carbocycles. The molecule has 0 aliphatic heterocycles. The molecule has 1 atom stereocenters. The second-order valence-electron chi connectivity index (χ2n) is 4.81. The predicted molar refractivity (Wildman–Crippen MR) is 78.5 cm³/mol. The van der Waals surface area contributed by atoms with Crippen LogP contribution in [0.5, 0.6) is 0 Å². The first-order chi connectivity index (χ1) is 9.74. The number of rotatable bonds is 3. The van der Waals surface area contributed by atoms with Gasteiger partial charge in [0.25, 0.3) is 5.91 Å². The summed E-state index contributed by atoms with van der Waals surface area (Å²) in [4.78, 5) is 12.0. The van der Waals surface area contributed by atoms with Crippen molar-refractivity contribution in [2.45, 2.75) is 13.0 Å². The van der Waals surface area contributed by atoms with E-state index in [9.17, 15) is 4.79 Å². The van der Waals surface area contributed by atoms with Gasteiger partial charge in [-0.05, 0) is 35.4 Å². The van der Waals surface area contributed by atoms with E-state index in [2.05, 4.69) is 29.6 Å². The largest absolute Gasteiger partial charge is 0.472 e. The molecule has 0 unspecified atom stereocenters. The van der Waals surface area contributed by atoms with Gasteiger partial charge in [-0.2, -0.15) is 0 Å². The van der Waals surface area contributed by atoms with E-state index in [0.29, 0.717) is 5.56 Å². The zero-order valence-corrected chi connectivity index (χ0v) is 11.2. The second-order valence-corrected chi connectivity index (χ2v) is 4.81. The molecular weight excluding hydrogens is 250 g/mol. The van der Waals surface area contributed by atoms with Crippen molar-refractivity contribution >= 4 is 16.7 Å². The van der Waals surface area contributed by atoms with Gasteiger partial charge in [-0.1, -0.05) is 36.4 Å². The van der Waals surface area contributed by atoms with Crippen LogP contribution in [-0.4, -0.2) is 5.91 Å². The molecular formula is C17H15NO2. The number of benzene rings is 2. The Hall–Kier alpha value is -2.55. The molecule has 3 nitrogen and oxygen atoms in total. The van der Waals surface area contributed by atoms with Gasteiger partial charge in [-0.25, -0.2) is 0 Å². The molecule has 2 aromatic carbocycles. The van der Waals surface area contributed by atoms with Crippen LogP contribution in [0, 0.1) is 0 Å². The minimum absolute atomic E-state index is 0.0537. The molecule has 0 aliphatic rings. The van der Waals surface area contributed by atoms with Crippen molar-refractivity contribution in [3.05, 3.63) is 72.2 Å². The Morgan fingerprint density at radius 3 is 2.65 bits per heavy atom. The Morgan fingerprint density at radius 2 is 1.90 bits per heavy atom. The van der Waals surface area contributed by atoms with Crippen molar-refractivity contribution in [3.8, 4) is 0 Å². The number of hydrogen-bond donors (Lipinski definition) is 1. The highest BCUT2D eigenvalue weighted by Crippen LogP contribution is 2.20. The van der Waals surface area contributed by atoms with Crippen LogP contribution in [0.4, 0.5) is 0 Å². The lowest BCUT2D eigenvalue weighted by molar-refractivity contribution is 0.0939. The summed E-state index contributed by atoms with van der Waals surface area (Å²) < 4.78 is 4.92. The first-order valence-electron chi connectivity index (χ1n) is 6.56. The molecule has 1 N–H and O–H groups in total. The number of hydrogen-bond acceptors (Lipinski definition) is 2. The third-order valence-corrected chi connectivity index (χ3v) is 3.40. The van der Waals surface area contributed by atoms with E-state index in [1.54, 1.807) is 6.07 Å². The van der Waals surface area contributed by atoms with E-state index in [1.165, 1.54) is 23.3 Å². The fourth-order valence-electron chi connectivity index (χ4n) is 2.23. The number of nitrogens with one attached hydrogen (secondary N) is 1. The average Bonchev–Trinajstić information content (AvgIpc) is 3.01. The highest BCUT2D eigenvalue weighted by Gasteiger charge is 2.12. The maximum absolute atomic E-state index is 12.0. The van der Waals surface area contributed by atoms with Crippen molar-refractivity contribution < 1.29 is 9.21 Å². The SMILES string of the molecule is C[C@@H](NC(=O)c1ccoc1)c1ccc2ccccc2c1. The fraction of sp³-hybridized carbons (Fsp3) is 0.118. The summed E-state index contributed by atoms with van der Waals surface area (Å²) in [5.74, 6) is -0.126. The summed E-state index contributed by atoms with van der Waals surface area (Å²) in [6.45, 7) is 1.97. The first kappa shape index (κ1) is 12.5. The highest BCUT2D eigenvalue weighted by molar-refractivity contribution is 5.94. The lowest BCUT2D eigenvalue weighted by atomic mass is 10.0. The Kier molecular flexibility index (Phi) is 3.25. The molecule has 1 heterocycles. The fourth-order valence-corrected chi connectivity index (χ4v) is 2.23. The molecule has 100 valence electrons. The molecule has 3 heteroatoms. The Balaban J connectivity index is 1.81. The summed E-state index contributed by atoms with van der Waals surface area (Å²) in [5, 5.41) is 5.34. The van der Waals surface area contributed by atoms with Crippen LogP contribution < -0.4 is 5.32 Å². The summed E-state index contributed by atoms with van der Waals surface area (Å²) in [5.41, 5.74) is 1.62. The number of carbonyl (C=O) groups excluding carboxylic acids is 1. The third kappa shape index (κ3) is 2.43. The number of carbonyl (C=O) groups is 1. The predicted octanol–water partition coefficient (Wildman–Crippen LogP) is 3.92. The molecule has 0 radical (unpaired) electrons. The highest BCUT2D eigenvalue weighted by atomic mass is 16.3. The summed E-state index contributed by atoms with van der Waals surface area (Å²) >= 11 is 0. The van der Waals surface area contributed by atoms with Crippen LogP contribution >= 0.6 is 0 Å². The molecule has 1 aromatic heterocycles. The smallest absolute Gasteiger partial charge is 0.255 e. The molecule has 0 fully saturated rings. The van der Waals surface area contributed by atoms with E-state index in [0.717, 1.165) is 5.56 Å². The van der Waals surface area contributed by atoms with Crippen LogP contribution in [0.3, 0.4) is 0 Å². The maximum atomic E-state index is 12.0. The van der Waals surface area contributed by atoms with Gasteiger partial charge >= 0.3 is 0 Å². The van der Waals surface area contributed by atoms with E-state index >= 15 is 0 Å². The van der Waals surface area contributed by atoms with Crippen LogP contribution in [-0.2, 0) is 0 Å². The van der Waals surface area contributed by atoms with Crippen molar-refractivity contribution in [3.63, 3.8) is 0 Å². The van der Waals surface area contributed by atoms with Crippen molar-refractivity contribution in [1.29, 1.82) is 0 Å². The molecule has 1 amide bonds. The van der Waals surface area contributed by atoms with Gasteiger partial charge in [0, 0.05) is 0 Å². The van der Waals surface area contributed by atoms with Gasteiger partial charge in [0.2, 0.25) is 0 Å². The summed E-state index contributed by atoms with van der Waals surface area (Å²) in [7, 11) is 0. The quantitative estimate of drug-likeness (QED) is 0.779. The van der Waals surface area contributed by atoms with Gasteiger partial charge < -0.3 is 9.73 Å². The average molecular weight is 265 g/mol. The van der Waals surface area contributed by atoms with Crippen LogP contribution in [0.2, 0.25) is 0 Å². The Labute approximate surface area is 117 Å². The van der Waals surface area contributed by atoms with E-state index in [1.807, 2.05) is 25.1 Å². The molecule has 0 bridgehead atoms. The maximum Gasteiger partial charge on any atom is 0.255 e. The van der Waals surface area contributed by atoms with Gasteiger partial charge in [0.05, 0.1) is 17.9 Å². The van der Waals surface area contributed by atoms with Crippen molar-refractivity contribution in [1.82, 2.24) is 5.32 Å². The van der Waals surface area contributed by atoms with E-state index in [4.69, 9.17) is 4.42 Å². The molecule has 0 spiro atoms. The summed E-state index contributed by atoms with van der Waals surface area (Å²) in [6.07, 6.45) is 2.94. The zero-order valence-electron chi connectivity index (χ0n) is 11.2. The lowest BCUT2D eigenvalue weighted by Gasteiger charge is -2.14. The Morgan fingerprint density at radius 1 is 1.10 bits per heavy atom. The van der Waals surface area contributed by atoms with Gasteiger partial charge in [0.1, 0.15) is 6.26 Å². The van der Waals surface area contributed by atoms with E-state index in [-0.39, 0.29) is 11.9 Å². The van der Waals surface area contributed by atoms with Crippen molar-refractivity contribution in [2.24, 2.45) is 0 Å². The van der Waals surface area contributed by atoms with Gasteiger partial charge in [-0.3, -0.25) is 4.79 Å². The Bertz CT molecular complexity index is 732. The van der Waals surface area contributed by atoms with Gasteiger partial charge in [0.15, 0.2) is 0 Å². The van der Waals surface area contributed by atoms with Crippen LogP contribution in [0.25, 0.3) is 10.8 Å². The molecule has 0 aliphatic carbocycles. The third-order valence-electron chi connectivity index (χ3n) is 3.40. The van der Waals surface area contributed by atoms with E-state index < -0.39 is 0 Å². The summed E-state index contributed by atoms with van der Waals surface area (Å²) in [6, 6.07) is 16.0. The zero-order chi connectivity index (χ0) is 13.9. The monoisotopic (exact) mass is 265 g/mol. The standard InChI is InChI=1S/C17H15NO2/c1-12(18-17(19)16-8-9-20-11-16)14-7-6-13-4-2-3-5-15(13)10-14/h2-12H,1H3,(H,18,19)/t12-/m1/s1. The number of fused-ring (bicyclic) bond motifs is 1. The first-order valence-corrected chi connectivity index (χ1v) is 6.56. The van der Waals surface area contributed by atoms with Crippen LogP contribution in [0.1, 0.15) is 28.9 Å². The minimum atomic E-state index is -0.126. The molecule has 0 saturated heterocycles. The topological polar surface area (TPSA) is 42.2 Å². The molecule has 20 heavy (non-hydrogen) atoms. The number of amides is 1. The molecule has 3 rings (SSSR count). The van der Waals surface area contributed by atoms with Gasteiger partial charge in [-0.15, -0.1) is 0 Å². The van der Waals surface area contributed by atoms with Crippen LogP contribution in [0.15, 0.2) is 65.5 Å². The minimum Gasteiger partial charge on any atom is -0.472 e. The second kappa shape index (κ2) is 5.21. The normalized spacial score (nSPS) is 12.2. The lowest BCUT2D eigenvalue weighted by Crippen LogP contribution is -2.26. The number of furan rings is 1.